The second-order valence-corrected chi connectivity index (χ2v) is 6.64. The van der Waals surface area contributed by atoms with E-state index < -0.39 is 5.41 Å². The Morgan fingerprint density at radius 1 is 1.30 bits per heavy atom. The van der Waals surface area contributed by atoms with E-state index in [0.717, 1.165) is 26.1 Å². The Bertz CT molecular complexity index is 350. The van der Waals surface area contributed by atoms with Crippen molar-refractivity contribution in [2.24, 2.45) is 11.3 Å². The number of carbonyl (C=O) groups is 2. The molecule has 1 aliphatic rings. The molecule has 2 atom stereocenters. The molecular formula is C15H28N2O3. The Morgan fingerprint density at radius 3 is 2.45 bits per heavy atom. The maximum absolute atomic E-state index is 12.1. The van der Waals surface area contributed by atoms with Gasteiger partial charge in [0.15, 0.2) is 0 Å². The number of hydrogen-bond acceptors (Lipinski definition) is 4. The van der Waals surface area contributed by atoms with Gasteiger partial charge in [0.05, 0.1) is 13.0 Å². The van der Waals surface area contributed by atoms with Crippen LogP contribution in [0.25, 0.3) is 0 Å². The van der Waals surface area contributed by atoms with Gasteiger partial charge in [-0.15, -0.1) is 0 Å². The zero-order valence-corrected chi connectivity index (χ0v) is 13.4. The number of hydrogen-bond donors (Lipinski definition) is 1. The minimum absolute atomic E-state index is 0.0196. The van der Waals surface area contributed by atoms with Gasteiger partial charge in [-0.05, 0) is 19.4 Å². The lowest BCUT2D eigenvalue weighted by Crippen LogP contribution is -2.54. The second kappa shape index (κ2) is 7.07. The van der Waals surface area contributed by atoms with Crippen LogP contribution in [0.2, 0.25) is 0 Å². The smallest absolute Gasteiger partial charge is 0.310 e. The number of nitrogens with zero attached hydrogens (tertiary/aromatic N) is 1. The number of likely N-dealkylation sites (tertiary alicyclic amines) is 1. The minimum Gasteiger partial charge on any atom is -0.469 e. The summed E-state index contributed by atoms with van der Waals surface area (Å²) >= 11 is 0. The molecule has 0 radical (unpaired) electrons. The Hall–Kier alpha value is -1.10. The zero-order chi connectivity index (χ0) is 15.3. The van der Waals surface area contributed by atoms with Crippen LogP contribution in [-0.4, -0.2) is 49.6 Å². The van der Waals surface area contributed by atoms with Crippen LogP contribution >= 0.6 is 0 Å². The van der Waals surface area contributed by atoms with E-state index in [0.29, 0.717) is 6.42 Å². The van der Waals surface area contributed by atoms with Crippen molar-refractivity contribution in [1.29, 1.82) is 0 Å². The summed E-state index contributed by atoms with van der Waals surface area (Å²) in [5, 5.41) is 3.07. The summed E-state index contributed by atoms with van der Waals surface area (Å²) in [6.45, 7) is 10.3. The maximum atomic E-state index is 12.1. The van der Waals surface area contributed by atoms with Gasteiger partial charge in [0.25, 0.3) is 0 Å². The van der Waals surface area contributed by atoms with Crippen molar-refractivity contribution in [3.8, 4) is 0 Å². The highest BCUT2D eigenvalue weighted by Crippen LogP contribution is 2.20. The molecule has 0 bridgehead atoms. The van der Waals surface area contributed by atoms with Crippen LogP contribution in [0.3, 0.4) is 0 Å². The first kappa shape index (κ1) is 17.0. The van der Waals surface area contributed by atoms with E-state index >= 15 is 0 Å². The van der Waals surface area contributed by atoms with Crippen molar-refractivity contribution >= 4 is 11.9 Å². The average molecular weight is 284 g/mol. The van der Waals surface area contributed by atoms with Gasteiger partial charge >= 0.3 is 5.97 Å². The van der Waals surface area contributed by atoms with Crippen molar-refractivity contribution in [2.75, 3.05) is 26.7 Å². The van der Waals surface area contributed by atoms with Crippen molar-refractivity contribution in [3.05, 3.63) is 0 Å². The van der Waals surface area contributed by atoms with E-state index in [1.165, 1.54) is 7.11 Å². The first-order chi connectivity index (χ1) is 9.27. The summed E-state index contributed by atoms with van der Waals surface area (Å²) < 4.78 is 4.86. The summed E-state index contributed by atoms with van der Waals surface area (Å²) in [6, 6.07) is 0.0196. The van der Waals surface area contributed by atoms with E-state index in [1.807, 2.05) is 20.8 Å². The van der Waals surface area contributed by atoms with E-state index in [2.05, 4.69) is 17.1 Å². The number of rotatable bonds is 4. The van der Waals surface area contributed by atoms with Crippen LogP contribution < -0.4 is 5.32 Å². The first-order valence-electron chi connectivity index (χ1n) is 7.39. The second-order valence-electron chi connectivity index (χ2n) is 6.64. The van der Waals surface area contributed by atoms with Crippen molar-refractivity contribution in [3.63, 3.8) is 0 Å². The number of esters is 1. The summed E-state index contributed by atoms with van der Waals surface area (Å²) in [6.07, 6.45) is 1.70. The van der Waals surface area contributed by atoms with Gasteiger partial charge in [-0.25, -0.2) is 0 Å². The third-order valence-corrected chi connectivity index (χ3v) is 3.62. The molecule has 0 saturated carbocycles. The highest BCUT2D eigenvalue weighted by atomic mass is 16.5. The molecule has 116 valence electrons. The molecule has 1 N–H and O–H groups in total. The molecule has 0 aromatic heterocycles. The number of nitrogens with one attached hydrogen (secondary N) is 1. The molecule has 0 spiro atoms. The first-order valence-corrected chi connectivity index (χ1v) is 7.39. The topological polar surface area (TPSA) is 58.6 Å². The summed E-state index contributed by atoms with van der Waals surface area (Å²) in [4.78, 5) is 26.1. The molecule has 5 heteroatoms. The quantitative estimate of drug-likeness (QED) is 0.793. The van der Waals surface area contributed by atoms with Gasteiger partial charge in [-0.1, -0.05) is 27.7 Å². The largest absolute Gasteiger partial charge is 0.469 e. The fourth-order valence-corrected chi connectivity index (χ4v) is 2.53. The lowest BCUT2D eigenvalue weighted by Gasteiger charge is -2.37. The van der Waals surface area contributed by atoms with Crippen molar-refractivity contribution in [2.45, 2.75) is 46.6 Å². The number of carbonyl (C=O) groups excluding carboxylic acids is 2. The molecule has 5 nitrogen and oxygen atoms in total. The predicted octanol–water partition coefficient (Wildman–Crippen LogP) is 1.42. The number of piperidine rings is 1. The summed E-state index contributed by atoms with van der Waals surface area (Å²) in [5.41, 5.74) is -0.409. The third-order valence-electron chi connectivity index (χ3n) is 3.62. The molecule has 1 heterocycles. The fraction of sp³-hybridized carbons (Fsp3) is 0.867. The SMILES string of the molecule is CCCN1CC(NC(=O)C(C)(C)C)CC(C(=O)OC)C1. The van der Waals surface area contributed by atoms with Gasteiger partial charge in [0.1, 0.15) is 0 Å². The zero-order valence-electron chi connectivity index (χ0n) is 13.4. The molecule has 1 rings (SSSR count). The van der Waals surface area contributed by atoms with Gasteiger partial charge < -0.3 is 15.0 Å². The standard InChI is InChI=1S/C15H28N2O3/c1-6-7-17-9-11(13(18)20-5)8-12(10-17)16-14(19)15(2,3)4/h11-12H,6-10H2,1-5H3,(H,16,19). The molecule has 1 amide bonds. The third kappa shape index (κ3) is 4.78. The molecular weight excluding hydrogens is 256 g/mol. The highest BCUT2D eigenvalue weighted by molar-refractivity contribution is 5.81. The van der Waals surface area contributed by atoms with Crippen LogP contribution in [0, 0.1) is 11.3 Å². The Balaban J connectivity index is 2.69. The van der Waals surface area contributed by atoms with E-state index in [1.54, 1.807) is 0 Å². The summed E-state index contributed by atoms with van der Waals surface area (Å²) in [5.74, 6) is -0.296. The van der Waals surface area contributed by atoms with E-state index in [-0.39, 0.29) is 23.8 Å². The maximum Gasteiger partial charge on any atom is 0.310 e. The van der Waals surface area contributed by atoms with Gasteiger partial charge in [0.2, 0.25) is 5.91 Å². The fourth-order valence-electron chi connectivity index (χ4n) is 2.53. The Kier molecular flexibility index (Phi) is 5.99. The van der Waals surface area contributed by atoms with E-state index in [4.69, 9.17) is 4.74 Å². The molecule has 1 fully saturated rings. The van der Waals surface area contributed by atoms with Crippen molar-refractivity contribution < 1.29 is 14.3 Å². The number of amides is 1. The normalized spacial score (nSPS) is 24.2. The van der Waals surface area contributed by atoms with Crippen LogP contribution in [0.4, 0.5) is 0 Å². The molecule has 2 unspecified atom stereocenters. The van der Waals surface area contributed by atoms with Gasteiger partial charge in [0, 0.05) is 24.5 Å². The predicted molar refractivity (Wildman–Crippen MR) is 78.2 cm³/mol. The van der Waals surface area contributed by atoms with Crippen LogP contribution in [0.5, 0.6) is 0 Å². The van der Waals surface area contributed by atoms with Crippen molar-refractivity contribution in [1.82, 2.24) is 10.2 Å². The summed E-state index contributed by atoms with van der Waals surface area (Å²) in [7, 11) is 1.42. The van der Waals surface area contributed by atoms with Gasteiger partial charge in [-0.3, -0.25) is 9.59 Å². The van der Waals surface area contributed by atoms with Gasteiger partial charge in [-0.2, -0.15) is 0 Å². The Morgan fingerprint density at radius 2 is 1.95 bits per heavy atom. The molecule has 1 aliphatic heterocycles. The van der Waals surface area contributed by atoms with E-state index in [9.17, 15) is 9.59 Å². The Labute approximate surface area is 122 Å². The lowest BCUT2D eigenvalue weighted by molar-refractivity contribution is -0.148. The molecule has 1 saturated heterocycles. The van der Waals surface area contributed by atoms with Crippen LogP contribution in [0.15, 0.2) is 0 Å². The lowest BCUT2D eigenvalue weighted by atomic mass is 9.91. The minimum atomic E-state index is -0.409. The molecule has 0 aromatic rings. The van der Waals surface area contributed by atoms with Crippen LogP contribution in [0.1, 0.15) is 40.5 Å². The molecule has 0 aliphatic carbocycles. The monoisotopic (exact) mass is 284 g/mol. The highest BCUT2D eigenvalue weighted by Gasteiger charge is 2.34. The number of ether oxygens (including phenoxy) is 1. The van der Waals surface area contributed by atoms with Crippen LogP contribution in [-0.2, 0) is 14.3 Å². The molecule has 0 aromatic carbocycles. The molecule has 20 heavy (non-hydrogen) atoms. The average Bonchev–Trinajstić information content (AvgIpc) is 2.36. The number of methoxy groups -OCH3 is 1.